The Morgan fingerprint density at radius 3 is 2.26 bits per heavy atom. The van der Waals surface area contributed by atoms with E-state index in [9.17, 15) is 18.8 Å². The Morgan fingerprint density at radius 1 is 1.00 bits per heavy atom. The second-order valence-corrected chi connectivity index (χ2v) is 15.0. The fourth-order valence-corrected chi connectivity index (χ4v) is 6.73. The number of rotatable bonds is 4. The van der Waals surface area contributed by atoms with Gasteiger partial charge in [0.05, 0.1) is 33.6 Å². The molecule has 4 aromatic rings. The molecule has 0 bridgehead atoms. The van der Waals surface area contributed by atoms with Crippen LogP contribution in [-0.4, -0.2) is 81.2 Å². The summed E-state index contributed by atoms with van der Waals surface area (Å²) in [5.74, 6) is -1.04. The summed E-state index contributed by atoms with van der Waals surface area (Å²) < 4.78 is 28.2. The van der Waals surface area contributed by atoms with E-state index in [4.69, 9.17) is 14.5 Å². The van der Waals surface area contributed by atoms with Crippen LogP contribution in [0, 0.1) is 5.82 Å². The van der Waals surface area contributed by atoms with Gasteiger partial charge in [-0.3, -0.25) is 19.3 Å². The highest BCUT2D eigenvalue weighted by Gasteiger charge is 2.37. The van der Waals surface area contributed by atoms with E-state index in [1.54, 1.807) is 58.1 Å². The van der Waals surface area contributed by atoms with Crippen LogP contribution in [0.3, 0.4) is 0 Å². The predicted octanol–water partition coefficient (Wildman–Crippen LogP) is 6.78. The summed E-state index contributed by atoms with van der Waals surface area (Å²) in [7, 11) is 3.27. The van der Waals surface area contributed by atoms with E-state index < -0.39 is 29.0 Å². The van der Waals surface area contributed by atoms with Crippen molar-refractivity contribution in [2.75, 3.05) is 35.3 Å². The van der Waals surface area contributed by atoms with Crippen molar-refractivity contribution in [1.29, 1.82) is 0 Å². The number of aryl methyl sites for hydroxylation is 1. The van der Waals surface area contributed by atoms with E-state index in [1.165, 1.54) is 27.0 Å². The van der Waals surface area contributed by atoms with Crippen LogP contribution >= 0.6 is 11.3 Å². The van der Waals surface area contributed by atoms with E-state index in [0.29, 0.717) is 33.8 Å². The molecule has 2 aromatic heterocycles. The minimum absolute atomic E-state index is 0.180. The zero-order valence-corrected chi connectivity index (χ0v) is 29.3. The Morgan fingerprint density at radius 2 is 1.64 bits per heavy atom. The van der Waals surface area contributed by atoms with Crippen LogP contribution in [0.4, 0.5) is 30.5 Å². The van der Waals surface area contributed by atoms with Gasteiger partial charge < -0.3 is 19.7 Å². The molecule has 1 aliphatic heterocycles. The molecule has 0 saturated carbocycles. The average Bonchev–Trinajstić information content (AvgIpc) is 3.53. The minimum Gasteiger partial charge on any atom is -0.444 e. The third-order valence-electron chi connectivity index (χ3n) is 7.51. The standard InChI is InChI=1S/C33H42FN7O5S/c1-18-15-40(16-19(2)41(18)31(44)46-33(6,7)8)24-12-11-22(26-27(24)47-29(36-26)39(10)30(43)45-32(3,4)5)28(42)35-21-13-20-17-38(9)37-25(20)23(34)14-21/h11-14,17-19H,15-16H2,1-10H3,(H,35,42)/t18-,19-/m0/s1. The molecule has 12 nitrogen and oxygen atoms in total. The maximum absolute atomic E-state index is 14.8. The summed E-state index contributed by atoms with van der Waals surface area (Å²) >= 11 is 1.26. The van der Waals surface area contributed by atoms with Gasteiger partial charge >= 0.3 is 12.2 Å². The molecule has 1 fully saturated rings. The Kier molecular flexibility index (Phi) is 8.86. The molecule has 0 aliphatic carbocycles. The smallest absolute Gasteiger partial charge is 0.416 e. The number of nitrogens with zero attached hydrogens (tertiary/aromatic N) is 6. The first-order valence-corrected chi connectivity index (χ1v) is 16.2. The molecular formula is C33H42FN7O5S. The molecule has 2 atom stereocenters. The fraction of sp³-hybridized carbons (Fsp3) is 0.485. The summed E-state index contributed by atoms with van der Waals surface area (Å²) in [4.78, 5) is 49.8. The van der Waals surface area contributed by atoms with Gasteiger partial charge in [0, 0.05) is 44.5 Å². The third kappa shape index (κ3) is 7.27. The number of aromatic nitrogens is 3. The first kappa shape index (κ1) is 33.9. The minimum atomic E-state index is -0.719. The number of halogens is 1. The van der Waals surface area contributed by atoms with Crippen molar-refractivity contribution in [3.05, 3.63) is 41.8 Å². The molecule has 3 amide bonds. The summed E-state index contributed by atoms with van der Waals surface area (Å²) in [6.45, 7) is 15.8. The summed E-state index contributed by atoms with van der Waals surface area (Å²) in [5, 5.41) is 7.82. The van der Waals surface area contributed by atoms with E-state index in [0.717, 1.165) is 5.69 Å². The topological polar surface area (TPSA) is 122 Å². The zero-order valence-electron chi connectivity index (χ0n) is 28.5. The van der Waals surface area contributed by atoms with Crippen molar-refractivity contribution in [3.63, 3.8) is 0 Å². The molecule has 1 aliphatic rings. The fourth-order valence-electron chi connectivity index (χ4n) is 5.64. The van der Waals surface area contributed by atoms with Gasteiger partial charge in [-0.25, -0.2) is 19.0 Å². The number of fused-ring (bicyclic) bond motifs is 2. The first-order chi connectivity index (χ1) is 21.8. The first-order valence-electron chi connectivity index (χ1n) is 15.4. The number of amides is 3. The van der Waals surface area contributed by atoms with Gasteiger partial charge in [0.25, 0.3) is 5.91 Å². The van der Waals surface area contributed by atoms with E-state index in [2.05, 4.69) is 15.3 Å². The molecule has 252 valence electrons. The number of benzene rings is 2. The van der Waals surface area contributed by atoms with Gasteiger partial charge in [-0.1, -0.05) is 11.3 Å². The van der Waals surface area contributed by atoms with E-state index >= 15 is 0 Å². The van der Waals surface area contributed by atoms with Gasteiger partial charge in [0.2, 0.25) is 0 Å². The monoisotopic (exact) mass is 667 g/mol. The quantitative estimate of drug-likeness (QED) is 0.253. The lowest BCUT2D eigenvalue weighted by molar-refractivity contribution is 0.00564. The maximum Gasteiger partial charge on any atom is 0.416 e. The van der Waals surface area contributed by atoms with Crippen LogP contribution < -0.4 is 15.1 Å². The average molecular weight is 668 g/mol. The Balaban J connectivity index is 1.52. The lowest BCUT2D eigenvalue weighted by atomic mass is 10.1. The van der Waals surface area contributed by atoms with Gasteiger partial charge in [0.1, 0.15) is 16.7 Å². The molecular weight excluding hydrogens is 625 g/mol. The molecule has 1 saturated heterocycles. The number of ether oxygens (including phenoxy) is 2. The van der Waals surface area contributed by atoms with Crippen LogP contribution in [0.5, 0.6) is 0 Å². The molecule has 0 spiro atoms. The number of hydrogen-bond donors (Lipinski definition) is 1. The van der Waals surface area contributed by atoms with Crippen LogP contribution in [0.1, 0.15) is 65.7 Å². The van der Waals surface area contributed by atoms with Crippen molar-refractivity contribution in [2.45, 2.75) is 78.7 Å². The molecule has 47 heavy (non-hydrogen) atoms. The highest BCUT2D eigenvalue weighted by atomic mass is 32.1. The molecule has 3 heterocycles. The number of anilines is 3. The highest BCUT2D eigenvalue weighted by Crippen LogP contribution is 2.39. The Bertz CT molecular complexity index is 1850. The zero-order chi connectivity index (χ0) is 34.6. The normalized spacial score (nSPS) is 17.3. The van der Waals surface area contributed by atoms with Crippen LogP contribution in [0.15, 0.2) is 30.5 Å². The third-order valence-corrected chi connectivity index (χ3v) is 8.66. The van der Waals surface area contributed by atoms with E-state index in [1.807, 2.05) is 40.7 Å². The van der Waals surface area contributed by atoms with Crippen LogP contribution in [-0.2, 0) is 16.5 Å². The largest absolute Gasteiger partial charge is 0.444 e. The molecule has 14 heteroatoms. The molecule has 2 aromatic carbocycles. The number of hydrogen-bond acceptors (Lipinski definition) is 9. The Hall–Kier alpha value is -4.46. The van der Waals surface area contributed by atoms with E-state index in [-0.39, 0.29) is 34.9 Å². The van der Waals surface area contributed by atoms with Gasteiger partial charge in [-0.05, 0) is 79.7 Å². The maximum atomic E-state index is 14.8. The van der Waals surface area contributed by atoms with Gasteiger partial charge in [0.15, 0.2) is 10.9 Å². The number of nitrogens with one attached hydrogen (secondary N) is 1. The second-order valence-electron chi connectivity index (χ2n) is 14.0. The summed E-state index contributed by atoms with van der Waals surface area (Å²) in [6, 6.07) is 6.05. The van der Waals surface area contributed by atoms with Crippen molar-refractivity contribution in [3.8, 4) is 0 Å². The van der Waals surface area contributed by atoms with Crippen molar-refractivity contribution in [2.24, 2.45) is 7.05 Å². The van der Waals surface area contributed by atoms with Crippen LogP contribution in [0.2, 0.25) is 0 Å². The number of thiazole rings is 1. The number of carbonyl (C=O) groups excluding carboxylic acids is 3. The van der Waals surface area contributed by atoms with Gasteiger partial charge in [-0.2, -0.15) is 5.10 Å². The predicted molar refractivity (Wildman–Crippen MR) is 182 cm³/mol. The highest BCUT2D eigenvalue weighted by molar-refractivity contribution is 7.23. The van der Waals surface area contributed by atoms with Crippen LogP contribution in [0.25, 0.3) is 21.1 Å². The lowest BCUT2D eigenvalue weighted by Gasteiger charge is -2.45. The molecule has 0 unspecified atom stereocenters. The van der Waals surface area contributed by atoms with Gasteiger partial charge in [-0.15, -0.1) is 0 Å². The lowest BCUT2D eigenvalue weighted by Crippen LogP contribution is -2.59. The summed E-state index contributed by atoms with van der Waals surface area (Å²) in [5.41, 5.74) is 0.586. The van der Waals surface area contributed by atoms with Crippen molar-refractivity contribution in [1.82, 2.24) is 19.7 Å². The Labute approximate surface area is 277 Å². The van der Waals surface area contributed by atoms with Crippen molar-refractivity contribution < 1.29 is 28.2 Å². The summed E-state index contributed by atoms with van der Waals surface area (Å²) in [6.07, 6.45) is 0.719. The molecule has 0 radical (unpaired) electrons. The van der Waals surface area contributed by atoms with Crippen molar-refractivity contribution >= 4 is 67.1 Å². The molecule has 1 N–H and O–H groups in total. The number of piperazine rings is 1. The second kappa shape index (κ2) is 12.3. The molecule has 5 rings (SSSR count). The number of carbonyl (C=O) groups is 3. The SMILES string of the molecule is C[C@H]1CN(c2ccc(C(=O)Nc3cc(F)c4nn(C)cc4c3)c3nc(N(C)C(=O)OC(C)(C)C)sc23)C[C@H](C)N1C(=O)OC(C)(C)C.